The number of aromatic hydroxyl groups is 1. The van der Waals surface area contributed by atoms with E-state index in [1.165, 1.54) is 5.56 Å². The number of hydrogen-bond donors (Lipinski definition) is 1. The summed E-state index contributed by atoms with van der Waals surface area (Å²) < 4.78 is 0. The third-order valence-electron chi connectivity index (χ3n) is 4.41. The molecule has 114 valence electrons. The molecule has 1 amide bonds. The van der Waals surface area contributed by atoms with Crippen molar-refractivity contribution in [2.24, 2.45) is 0 Å². The van der Waals surface area contributed by atoms with E-state index in [0.717, 1.165) is 31.5 Å². The highest BCUT2D eigenvalue weighted by molar-refractivity contribution is 5.78. The quantitative estimate of drug-likeness (QED) is 0.943. The minimum absolute atomic E-state index is 0.178. The Balaban J connectivity index is 1.54. The van der Waals surface area contributed by atoms with Gasteiger partial charge in [-0.05, 0) is 42.0 Å². The van der Waals surface area contributed by atoms with E-state index in [4.69, 9.17) is 0 Å². The van der Waals surface area contributed by atoms with E-state index in [1.54, 1.807) is 12.1 Å². The van der Waals surface area contributed by atoms with E-state index in [2.05, 4.69) is 24.3 Å². The molecule has 2 aromatic rings. The van der Waals surface area contributed by atoms with Crippen LogP contribution >= 0.6 is 0 Å². The summed E-state index contributed by atoms with van der Waals surface area (Å²) in [5.74, 6) is 0.982. The van der Waals surface area contributed by atoms with Gasteiger partial charge >= 0.3 is 0 Å². The highest BCUT2D eigenvalue weighted by atomic mass is 16.3. The number of carbonyl (C=O) groups excluding carboxylic acids is 1. The lowest BCUT2D eigenvalue weighted by molar-refractivity contribution is -0.131. The standard InChI is InChI=1S/C19H21NO2/c21-18-8-6-15(7-9-18)14-19(22)20-12-10-17(11-13-20)16-4-2-1-3-5-16/h1-9,17,21H,10-14H2. The molecule has 0 radical (unpaired) electrons. The first-order valence-corrected chi connectivity index (χ1v) is 7.83. The van der Waals surface area contributed by atoms with Crippen molar-refractivity contribution in [3.63, 3.8) is 0 Å². The van der Waals surface area contributed by atoms with Gasteiger partial charge in [-0.1, -0.05) is 42.5 Å². The Bertz CT molecular complexity index is 614. The molecule has 3 rings (SSSR count). The van der Waals surface area contributed by atoms with Crippen LogP contribution in [0.5, 0.6) is 5.75 Å². The maximum Gasteiger partial charge on any atom is 0.226 e. The average molecular weight is 295 g/mol. The zero-order valence-electron chi connectivity index (χ0n) is 12.6. The van der Waals surface area contributed by atoms with Crippen LogP contribution in [0.4, 0.5) is 0 Å². The van der Waals surface area contributed by atoms with Gasteiger partial charge in [-0.3, -0.25) is 4.79 Å². The summed E-state index contributed by atoms with van der Waals surface area (Å²) in [5.41, 5.74) is 2.33. The molecule has 0 atom stereocenters. The number of nitrogens with zero attached hydrogens (tertiary/aromatic N) is 1. The van der Waals surface area contributed by atoms with Gasteiger partial charge in [0.05, 0.1) is 6.42 Å². The van der Waals surface area contributed by atoms with Crippen LogP contribution in [0.3, 0.4) is 0 Å². The Kier molecular flexibility index (Phi) is 4.42. The topological polar surface area (TPSA) is 40.5 Å². The van der Waals surface area contributed by atoms with E-state index in [1.807, 2.05) is 23.1 Å². The Morgan fingerprint density at radius 3 is 2.27 bits per heavy atom. The third kappa shape index (κ3) is 3.48. The normalized spacial score (nSPS) is 15.7. The van der Waals surface area contributed by atoms with Crippen LogP contribution in [0.25, 0.3) is 0 Å². The van der Waals surface area contributed by atoms with Crippen molar-refractivity contribution in [1.29, 1.82) is 0 Å². The molecule has 1 aliphatic heterocycles. The first kappa shape index (κ1) is 14.6. The van der Waals surface area contributed by atoms with Crippen LogP contribution in [0.15, 0.2) is 54.6 Å². The minimum atomic E-state index is 0.178. The van der Waals surface area contributed by atoms with Gasteiger partial charge in [-0.2, -0.15) is 0 Å². The average Bonchev–Trinajstić information content (AvgIpc) is 2.58. The van der Waals surface area contributed by atoms with E-state index >= 15 is 0 Å². The molecule has 2 aromatic carbocycles. The van der Waals surface area contributed by atoms with Gasteiger partial charge < -0.3 is 10.0 Å². The zero-order valence-corrected chi connectivity index (χ0v) is 12.6. The molecule has 0 aliphatic carbocycles. The number of carbonyl (C=O) groups is 1. The van der Waals surface area contributed by atoms with Crippen LogP contribution < -0.4 is 0 Å². The van der Waals surface area contributed by atoms with Crippen molar-refractivity contribution in [3.8, 4) is 5.75 Å². The summed E-state index contributed by atoms with van der Waals surface area (Å²) >= 11 is 0. The Labute approximate surface area is 131 Å². The third-order valence-corrected chi connectivity index (χ3v) is 4.41. The minimum Gasteiger partial charge on any atom is -0.508 e. The van der Waals surface area contributed by atoms with Gasteiger partial charge in [-0.25, -0.2) is 0 Å². The predicted octanol–water partition coefficient (Wildman–Crippen LogP) is 3.34. The zero-order chi connectivity index (χ0) is 15.4. The number of amides is 1. The summed E-state index contributed by atoms with van der Waals surface area (Å²) in [7, 11) is 0. The Morgan fingerprint density at radius 1 is 1.00 bits per heavy atom. The van der Waals surface area contributed by atoms with Gasteiger partial charge in [0.25, 0.3) is 0 Å². The smallest absolute Gasteiger partial charge is 0.226 e. The van der Waals surface area contributed by atoms with Gasteiger partial charge in [0.1, 0.15) is 5.75 Å². The Hall–Kier alpha value is -2.29. The molecule has 0 spiro atoms. The van der Waals surface area contributed by atoms with Crippen LogP contribution in [-0.2, 0) is 11.2 Å². The summed E-state index contributed by atoms with van der Waals surface area (Å²) in [5, 5.41) is 9.28. The number of rotatable bonds is 3. The maximum absolute atomic E-state index is 12.4. The van der Waals surface area contributed by atoms with Gasteiger partial charge in [0.15, 0.2) is 0 Å². The highest BCUT2D eigenvalue weighted by Crippen LogP contribution is 2.28. The molecule has 1 aliphatic rings. The first-order chi connectivity index (χ1) is 10.7. The SMILES string of the molecule is O=C(Cc1ccc(O)cc1)N1CCC(c2ccccc2)CC1. The van der Waals surface area contributed by atoms with E-state index in [9.17, 15) is 9.90 Å². The molecular formula is C19H21NO2. The molecule has 3 nitrogen and oxygen atoms in total. The number of hydrogen-bond acceptors (Lipinski definition) is 2. The summed E-state index contributed by atoms with van der Waals surface area (Å²) in [4.78, 5) is 14.3. The molecule has 0 aromatic heterocycles. The maximum atomic E-state index is 12.4. The molecular weight excluding hydrogens is 274 g/mol. The van der Waals surface area contributed by atoms with Crippen molar-refractivity contribution in [2.45, 2.75) is 25.2 Å². The number of benzene rings is 2. The molecule has 3 heteroatoms. The van der Waals surface area contributed by atoms with E-state index in [-0.39, 0.29) is 11.7 Å². The number of phenols is 1. The fourth-order valence-corrected chi connectivity index (χ4v) is 3.09. The van der Waals surface area contributed by atoms with E-state index < -0.39 is 0 Å². The first-order valence-electron chi connectivity index (χ1n) is 7.83. The number of likely N-dealkylation sites (tertiary alicyclic amines) is 1. The summed E-state index contributed by atoms with van der Waals surface area (Å²) in [6, 6.07) is 17.4. The lowest BCUT2D eigenvalue weighted by Crippen LogP contribution is -2.38. The van der Waals surface area contributed by atoms with E-state index in [0.29, 0.717) is 12.3 Å². The lowest BCUT2D eigenvalue weighted by Gasteiger charge is -2.32. The second kappa shape index (κ2) is 6.65. The monoisotopic (exact) mass is 295 g/mol. The predicted molar refractivity (Wildman–Crippen MR) is 86.8 cm³/mol. The van der Waals surface area contributed by atoms with Gasteiger partial charge in [0.2, 0.25) is 5.91 Å². The molecule has 22 heavy (non-hydrogen) atoms. The van der Waals surface area contributed by atoms with Crippen LogP contribution in [0.1, 0.15) is 29.9 Å². The van der Waals surface area contributed by atoms with Crippen molar-refractivity contribution in [1.82, 2.24) is 4.90 Å². The molecule has 1 heterocycles. The molecule has 1 saturated heterocycles. The second-order valence-electron chi connectivity index (χ2n) is 5.91. The highest BCUT2D eigenvalue weighted by Gasteiger charge is 2.23. The van der Waals surface area contributed by atoms with Crippen molar-refractivity contribution >= 4 is 5.91 Å². The summed E-state index contributed by atoms with van der Waals surface area (Å²) in [6.45, 7) is 1.66. The van der Waals surface area contributed by atoms with Gasteiger partial charge in [0, 0.05) is 13.1 Å². The molecule has 1 N–H and O–H groups in total. The molecule has 0 unspecified atom stereocenters. The van der Waals surface area contributed by atoms with Crippen molar-refractivity contribution < 1.29 is 9.90 Å². The molecule has 0 bridgehead atoms. The van der Waals surface area contributed by atoms with Crippen LogP contribution in [0, 0.1) is 0 Å². The largest absolute Gasteiger partial charge is 0.508 e. The van der Waals surface area contributed by atoms with Crippen molar-refractivity contribution in [2.75, 3.05) is 13.1 Å². The van der Waals surface area contributed by atoms with Gasteiger partial charge in [-0.15, -0.1) is 0 Å². The molecule has 1 fully saturated rings. The van der Waals surface area contributed by atoms with Crippen LogP contribution in [0.2, 0.25) is 0 Å². The van der Waals surface area contributed by atoms with Crippen molar-refractivity contribution in [3.05, 3.63) is 65.7 Å². The van der Waals surface area contributed by atoms with Crippen LogP contribution in [-0.4, -0.2) is 29.0 Å². The fourth-order valence-electron chi connectivity index (χ4n) is 3.09. The fraction of sp³-hybridized carbons (Fsp3) is 0.316. The lowest BCUT2D eigenvalue weighted by atomic mass is 9.89. The molecule has 0 saturated carbocycles. The number of phenolic OH excluding ortho intramolecular Hbond substituents is 1. The Morgan fingerprint density at radius 2 is 1.64 bits per heavy atom. The second-order valence-corrected chi connectivity index (χ2v) is 5.91. The summed E-state index contributed by atoms with van der Waals surface area (Å²) in [6.07, 6.45) is 2.48. The number of piperidine rings is 1.